The Hall–Kier alpha value is -0.540. The molecule has 1 fully saturated rings. The molecule has 70 valence electrons. The van der Waals surface area contributed by atoms with Crippen LogP contribution in [0, 0.1) is 5.82 Å². The number of nitrogens with one attached hydrogen (secondary N) is 1. The summed E-state index contributed by atoms with van der Waals surface area (Å²) in [6.45, 7) is 2.16. The van der Waals surface area contributed by atoms with E-state index < -0.39 is 0 Å². The van der Waals surface area contributed by atoms with E-state index in [9.17, 15) is 4.39 Å². The Balaban J connectivity index is 2.13. The van der Waals surface area contributed by atoms with Crippen LogP contribution in [0.25, 0.3) is 0 Å². The Kier molecular flexibility index (Phi) is 2.56. The van der Waals surface area contributed by atoms with E-state index >= 15 is 0 Å². The largest absolute Gasteiger partial charge is 0.298 e. The average molecular weight is 197 g/mol. The van der Waals surface area contributed by atoms with Crippen LogP contribution in [0.5, 0.6) is 0 Å². The highest BCUT2D eigenvalue weighted by Gasteiger charge is 2.21. The van der Waals surface area contributed by atoms with E-state index in [-0.39, 0.29) is 5.82 Å². The number of halogens is 1. The smallest absolute Gasteiger partial charge is 0.123 e. The van der Waals surface area contributed by atoms with Crippen molar-refractivity contribution in [3.8, 4) is 0 Å². The lowest BCUT2D eigenvalue weighted by molar-refractivity contribution is 0.610. The molecule has 2 rings (SSSR count). The SMILES string of the molecule is CC1CSC(c2ccc(F)cc2)N1. The van der Waals surface area contributed by atoms with E-state index in [1.807, 2.05) is 23.9 Å². The zero-order valence-electron chi connectivity index (χ0n) is 7.46. The highest BCUT2D eigenvalue weighted by molar-refractivity contribution is 7.99. The fourth-order valence-corrected chi connectivity index (χ4v) is 2.68. The highest BCUT2D eigenvalue weighted by atomic mass is 32.2. The number of thioether (sulfide) groups is 1. The summed E-state index contributed by atoms with van der Waals surface area (Å²) in [6, 6.07) is 7.28. The van der Waals surface area contributed by atoms with Crippen LogP contribution >= 0.6 is 11.8 Å². The minimum absolute atomic E-state index is 0.167. The van der Waals surface area contributed by atoms with Crippen molar-refractivity contribution >= 4 is 11.8 Å². The standard InChI is InChI=1S/C10H12FNS/c1-7-6-13-10(12-7)8-2-4-9(11)5-3-8/h2-5,7,10,12H,6H2,1H3. The van der Waals surface area contributed by atoms with Gasteiger partial charge in [-0.15, -0.1) is 11.8 Å². The molecular formula is C10H12FNS. The van der Waals surface area contributed by atoms with Crippen LogP contribution in [-0.2, 0) is 0 Å². The quantitative estimate of drug-likeness (QED) is 0.742. The third-order valence-corrected chi connectivity index (χ3v) is 3.56. The van der Waals surface area contributed by atoms with Crippen LogP contribution in [0.3, 0.4) is 0 Å². The summed E-state index contributed by atoms with van der Waals surface area (Å²) in [7, 11) is 0. The molecular weight excluding hydrogens is 185 g/mol. The van der Waals surface area contributed by atoms with Crippen LogP contribution in [0.4, 0.5) is 4.39 Å². The third kappa shape index (κ3) is 2.03. The molecule has 1 N–H and O–H groups in total. The Morgan fingerprint density at radius 1 is 1.38 bits per heavy atom. The van der Waals surface area contributed by atoms with E-state index in [4.69, 9.17) is 0 Å². The normalized spacial score (nSPS) is 27.8. The van der Waals surface area contributed by atoms with Crippen molar-refractivity contribution in [3.05, 3.63) is 35.6 Å². The van der Waals surface area contributed by atoms with Gasteiger partial charge in [0.05, 0.1) is 5.37 Å². The first-order valence-corrected chi connectivity index (χ1v) is 5.44. The molecule has 0 aromatic heterocycles. The summed E-state index contributed by atoms with van der Waals surface area (Å²) in [5, 5.41) is 3.77. The van der Waals surface area contributed by atoms with Crippen molar-refractivity contribution in [1.29, 1.82) is 0 Å². The van der Waals surface area contributed by atoms with E-state index in [2.05, 4.69) is 12.2 Å². The maximum atomic E-state index is 12.6. The van der Waals surface area contributed by atoms with Gasteiger partial charge in [0.15, 0.2) is 0 Å². The third-order valence-electron chi connectivity index (χ3n) is 2.12. The van der Waals surface area contributed by atoms with Crippen molar-refractivity contribution in [2.45, 2.75) is 18.3 Å². The second-order valence-corrected chi connectivity index (χ2v) is 4.47. The lowest BCUT2D eigenvalue weighted by Gasteiger charge is -2.10. The minimum atomic E-state index is -0.167. The molecule has 2 atom stereocenters. The first-order chi connectivity index (χ1) is 6.25. The van der Waals surface area contributed by atoms with Crippen LogP contribution in [0.2, 0.25) is 0 Å². The second-order valence-electron chi connectivity index (χ2n) is 3.33. The molecule has 13 heavy (non-hydrogen) atoms. The monoisotopic (exact) mass is 197 g/mol. The second kappa shape index (κ2) is 3.68. The zero-order valence-corrected chi connectivity index (χ0v) is 8.27. The molecule has 0 radical (unpaired) electrons. The van der Waals surface area contributed by atoms with Gasteiger partial charge in [0.2, 0.25) is 0 Å². The van der Waals surface area contributed by atoms with Gasteiger partial charge < -0.3 is 0 Å². The molecule has 3 heteroatoms. The summed E-state index contributed by atoms with van der Waals surface area (Å²) < 4.78 is 12.6. The van der Waals surface area contributed by atoms with Crippen LogP contribution in [0.15, 0.2) is 24.3 Å². The van der Waals surface area contributed by atoms with Crippen LogP contribution in [-0.4, -0.2) is 11.8 Å². The van der Waals surface area contributed by atoms with Crippen LogP contribution in [0.1, 0.15) is 17.9 Å². The van der Waals surface area contributed by atoms with Gasteiger partial charge in [-0.1, -0.05) is 12.1 Å². The number of rotatable bonds is 1. The summed E-state index contributed by atoms with van der Waals surface area (Å²) in [5.41, 5.74) is 1.16. The summed E-state index contributed by atoms with van der Waals surface area (Å²) >= 11 is 1.88. The molecule has 0 amide bonds. The Morgan fingerprint density at radius 3 is 2.62 bits per heavy atom. The molecule has 1 aliphatic heterocycles. The Morgan fingerprint density at radius 2 is 2.08 bits per heavy atom. The van der Waals surface area contributed by atoms with Gasteiger partial charge in [-0.2, -0.15) is 0 Å². The fourth-order valence-electron chi connectivity index (χ4n) is 1.43. The molecule has 1 aromatic carbocycles. The number of benzene rings is 1. The number of hydrogen-bond acceptors (Lipinski definition) is 2. The van der Waals surface area contributed by atoms with Gasteiger partial charge in [0.25, 0.3) is 0 Å². The topological polar surface area (TPSA) is 12.0 Å². The van der Waals surface area contributed by atoms with E-state index in [0.717, 1.165) is 11.3 Å². The molecule has 1 aliphatic rings. The molecule has 1 aromatic rings. The maximum absolute atomic E-state index is 12.6. The van der Waals surface area contributed by atoms with Crippen molar-refractivity contribution in [2.75, 3.05) is 5.75 Å². The first-order valence-electron chi connectivity index (χ1n) is 4.39. The first kappa shape index (κ1) is 9.03. The lowest BCUT2D eigenvalue weighted by atomic mass is 10.2. The van der Waals surface area contributed by atoms with Gasteiger partial charge in [-0.3, -0.25) is 5.32 Å². The fraction of sp³-hybridized carbons (Fsp3) is 0.400. The van der Waals surface area contributed by atoms with Gasteiger partial charge in [0, 0.05) is 11.8 Å². The van der Waals surface area contributed by atoms with Gasteiger partial charge in [-0.25, -0.2) is 4.39 Å². The zero-order chi connectivity index (χ0) is 9.26. The predicted octanol–water partition coefficient (Wildman–Crippen LogP) is 2.55. The Bertz CT molecular complexity index is 285. The highest BCUT2D eigenvalue weighted by Crippen LogP contribution is 2.32. The summed E-state index contributed by atoms with van der Waals surface area (Å²) in [4.78, 5) is 0. The van der Waals surface area contributed by atoms with Gasteiger partial charge >= 0.3 is 0 Å². The summed E-state index contributed by atoms with van der Waals surface area (Å²) in [5.74, 6) is 0.960. The molecule has 0 spiro atoms. The molecule has 0 aliphatic carbocycles. The van der Waals surface area contributed by atoms with E-state index in [0.29, 0.717) is 11.4 Å². The molecule has 1 heterocycles. The van der Waals surface area contributed by atoms with Crippen molar-refractivity contribution < 1.29 is 4.39 Å². The van der Waals surface area contributed by atoms with E-state index in [1.165, 1.54) is 12.1 Å². The average Bonchev–Trinajstić information content (AvgIpc) is 2.53. The van der Waals surface area contributed by atoms with Gasteiger partial charge in [-0.05, 0) is 24.6 Å². The van der Waals surface area contributed by atoms with Crippen LogP contribution < -0.4 is 5.32 Å². The minimum Gasteiger partial charge on any atom is -0.298 e. The molecule has 2 unspecified atom stereocenters. The van der Waals surface area contributed by atoms with Crippen molar-refractivity contribution in [3.63, 3.8) is 0 Å². The molecule has 0 bridgehead atoms. The Labute approximate surface area is 81.7 Å². The number of hydrogen-bond donors (Lipinski definition) is 1. The maximum Gasteiger partial charge on any atom is 0.123 e. The predicted molar refractivity (Wildman–Crippen MR) is 54.2 cm³/mol. The molecule has 0 saturated carbocycles. The van der Waals surface area contributed by atoms with Gasteiger partial charge in [0.1, 0.15) is 5.82 Å². The van der Waals surface area contributed by atoms with E-state index in [1.54, 1.807) is 0 Å². The summed E-state index contributed by atoms with van der Waals surface area (Å²) in [6.07, 6.45) is 0. The molecule has 1 nitrogen and oxygen atoms in total. The van der Waals surface area contributed by atoms with Crippen molar-refractivity contribution in [2.24, 2.45) is 0 Å². The lowest BCUT2D eigenvalue weighted by Crippen LogP contribution is -2.21. The van der Waals surface area contributed by atoms with Crippen molar-refractivity contribution in [1.82, 2.24) is 5.32 Å². The molecule has 1 saturated heterocycles.